The molecule has 0 N–H and O–H groups in total. The van der Waals surface area contributed by atoms with E-state index in [-0.39, 0.29) is 17.4 Å². The number of carbonyl (C=O) groups is 1. The lowest BCUT2D eigenvalue weighted by molar-refractivity contribution is -0.132. The second-order valence-corrected chi connectivity index (χ2v) is 8.86. The number of benzene rings is 2. The van der Waals surface area contributed by atoms with E-state index < -0.39 is 6.04 Å². The first-order valence-electron chi connectivity index (χ1n) is 10.4. The van der Waals surface area contributed by atoms with Crippen LogP contribution in [0.1, 0.15) is 39.1 Å². The topological polar surface area (TPSA) is 73.7 Å². The molecule has 0 aliphatic heterocycles. The zero-order valence-electron chi connectivity index (χ0n) is 19.2. The number of ether oxygens (including phenoxy) is 2. The Morgan fingerprint density at radius 3 is 2.47 bits per heavy atom. The molecule has 0 aliphatic rings. The lowest BCUT2D eigenvalue weighted by atomic mass is 10.1. The van der Waals surface area contributed by atoms with Crippen molar-refractivity contribution < 1.29 is 14.3 Å². The van der Waals surface area contributed by atoms with Gasteiger partial charge in [0.1, 0.15) is 17.3 Å². The highest BCUT2D eigenvalue weighted by Gasteiger charge is 2.26. The summed E-state index contributed by atoms with van der Waals surface area (Å²) in [5, 5.41) is 0.480. The third-order valence-corrected chi connectivity index (χ3v) is 6.22. The monoisotopic (exact) mass is 501 g/mol. The summed E-state index contributed by atoms with van der Waals surface area (Å²) in [5.74, 6) is 1.71. The minimum absolute atomic E-state index is 0.0104. The molecule has 8 heteroatoms. The molecular formula is C24H28BrN3O4. The largest absolute Gasteiger partial charge is 0.497 e. The van der Waals surface area contributed by atoms with E-state index in [9.17, 15) is 9.59 Å². The number of carbonyl (C=O) groups excluding carboxylic acids is 1. The van der Waals surface area contributed by atoms with Crippen molar-refractivity contribution >= 4 is 32.7 Å². The SMILES string of the molecule is COc1cc(OC)c(Br)c(-n2c(C(C)N(C)C(=O)CC(C)C)nc3ccccc3c2=O)c1. The van der Waals surface area contributed by atoms with Crippen LogP contribution in [0.5, 0.6) is 11.5 Å². The van der Waals surface area contributed by atoms with Gasteiger partial charge in [-0.25, -0.2) is 4.98 Å². The maximum Gasteiger partial charge on any atom is 0.266 e. The summed E-state index contributed by atoms with van der Waals surface area (Å²) in [5.41, 5.74) is 0.862. The summed E-state index contributed by atoms with van der Waals surface area (Å²) in [6, 6.07) is 10.2. The molecule has 7 nitrogen and oxygen atoms in total. The Hall–Kier alpha value is -2.87. The van der Waals surface area contributed by atoms with Gasteiger partial charge in [-0.3, -0.25) is 14.2 Å². The van der Waals surface area contributed by atoms with Crippen molar-refractivity contribution in [2.75, 3.05) is 21.3 Å². The first-order chi connectivity index (χ1) is 15.2. The van der Waals surface area contributed by atoms with Gasteiger partial charge in [-0.2, -0.15) is 0 Å². The maximum atomic E-state index is 13.7. The molecule has 170 valence electrons. The molecular weight excluding hydrogens is 474 g/mol. The van der Waals surface area contributed by atoms with Crippen molar-refractivity contribution in [3.8, 4) is 17.2 Å². The third kappa shape index (κ3) is 4.50. The molecule has 0 radical (unpaired) electrons. The van der Waals surface area contributed by atoms with Gasteiger partial charge in [0.25, 0.3) is 5.56 Å². The fourth-order valence-electron chi connectivity index (χ4n) is 3.53. The number of rotatable bonds is 7. The molecule has 1 unspecified atom stereocenters. The zero-order chi connectivity index (χ0) is 23.6. The number of fused-ring (bicyclic) bond motifs is 1. The van der Waals surface area contributed by atoms with Crippen LogP contribution in [-0.4, -0.2) is 41.6 Å². The smallest absolute Gasteiger partial charge is 0.266 e. The van der Waals surface area contributed by atoms with Gasteiger partial charge in [-0.05, 0) is 40.9 Å². The van der Waals surface area contributed by atoms with E-state index >= 15 is 0 Å². The quantitative estimate of drug-likeness (QED) is 0.467. The van der Waals surface area contributed by atoms with Gasteiger partial charge in [0.05, 0.1) is 41.3 Å². The molecule has 0 fully saturated rings. The predicted octanol–water partition coefficient (Wildman–Crippen LogP) is 4.73. The minimum atomic E-state index is -0.456. The van der Waals surface area contributed by atoms with Crippen molar-refractivity contribution in [3.05, 3.63) is 57.0 Å². The van der Waals surface area contributed by atoms with Crippen molar-refractivity contribution in [1.29, 1.82) is 0 Å². The standard InChI is InChI=1S/C24H28BrN3O4/c1-14(2)11-21(29)27(4)15(3)23-26-18-10-8-7-9-17(18)24(30)28(23)19-12-16(31-5)13-20(32-6)22(19)25/h7-10,12-15H,11H2,1-6H3. The van der Waals surface area contributed by atoms with Crippen LogP contribution in [0.15, 0.2) is 45.7 Å². The van der Waals surface area contributed by atoms with Crippen molar-refractivity contribution in [2.24, 2.45) is 5.92 Å². The lowest BCUT2D eigenvalue weighted by Gasteiger charge is -2.28. The molecule has 2 aromatic carbocycles. The summed E-state index contributed by atoms with van der Waals surface area (Å²) in [6.07, 6.45) is 0.412. The number of hydrogen-bond acceptors (Lipinski definition) is 5. The molecule has 0 saturated heterocycles. The van der Waals surface area contributed by atoms with E-state index in [2.05, 4.69) is 15.9 Å². The fourth-order valence-corrected chi connectivity index (χ4v) is 4.10. The summed E-state index contributed by atoms with van der Waals surface area (Å²) < 4.78 is 13.0. The number of amides is 1. The Kier molecular flexibility index (Phi) is 7.23. The van der Waals surface area contributed by atoms with Gasteiger partial charge in [-0.15, -0.1) is 0 Å². The molecule has 3 aromatic rings. The Labute approximate surface area is 196 Å². The first kappa shape index (κ1) is 23.8. The Bertz CT molecular complexity index is 1210. The molecule has 1 heterocycles. The second-order valence-electron chi connectivity index (χ2n) is 8.07. The Morgan fingerprint density at radius 2 is 1.84 bits per heavy atom. The molecule has 0 spiro atoms. The highest BCUT2D eigenvalue weighted by Crippen LogP contribution is 2.36. The second kappa shape index (κ2) is 9.73. The number of methoxy groups -OCH3 is 2. The van der Waals surface area contributed by atoms with Gasteiger partial charge < -0.3 is 14.4 Å². The Morgan fingerprint density at radius 1 is 1.16 bits per heavy atom. The predicted molar refractivity (Wildman–Crippen MR) is 129 cm³/mol. The van der Waals surface area contributed by atoms with Crippen LogP contribution < -0.4 is 15.0 Å². The van der Waals surface area contributed by atoms with Crippen LogP contribution >= 0.6 is 15.9 Å². The van der Waals surface area contributed by atoms with Crippen LogP contribution in [0.2, 0.25) is 0 Å². The number of nitrogens with zero attached hydrogens (tertiary/aromatic N) is 3. The molecule has 0 bridgehead atoms. The molecule has 1 amide bonds. The fraction of sp³-hybridized carbons (Fsp3) is 0.375. The van der Waals surface area contributed by atoms with Crippen molar-refractivity contribution in [2.45, 2.75) is 33.2 Å². The van der Waals surface area contributed by atoms with Crippen LogP contribution in [0.4, 0.5) is 0 Å². The molecule has 1 aromatic heterocycles. The molecule has 1 atom stereocenters. The summed E-state index contributed by atoms with van der Waals surface area (Å²) in [4.78, 5) is 32.9. The van der Waals surface area contributed by atoms with E-state index in [0.29, 0.717) is 44.8 Å². The van der Waals surface area contributed by atoms with Crippen LogP contribution in [0.25, 0.3) is 16.6 Å². The van der Waals surface area contributed by atoms with E-state index in [1.807, 2.05) is 26.8 Å². The van der Waals surface area contributed by atoms with Gasteiger partial charge in [0, 0.05) is 25.6 Å². The highest BCUT2D eigenvalue weighted by atomic mass is 79.9. The lowest BCUT2D eigenvalue weighted by Crippen LogP contribution is -2.35. The number of para-hydroxylation sites is 1. The number of halogens is 1. The van der Waals surface area contributed by atoms with Crippen LogP contribution in [0, 0.1) is 5.92 Å². The van der Waals surface area contributed by atoms with Crippen LogP contribution in [0.3, 0.4) is 0 Å². The van der Waals surface area contributed by atoms with Crippen molar-refractivity contribution in [3.63, 3.8) is 0 Å². The summed E-state index contributed by atoms with van der Waals surface area (Å²) in [6.45, 7) is 5.87. The summed E-state index contributed by atoms with van der Waals surface area (Å²) >= 11 is 3.57. The normalized spacial score (nSPS) is 12.1. The van der Waals surface area contributed by atoms with E-state index in [1.54, 1.807) is 56.5 Å². The molecule has 0 saturated carbocycles. The number of aromatic nitrogens is 2. The zero-order valence-corrected chi connectivity index (χ0v) is 20.8. The van der Waals surface area contributed by atoms with Gasteiger partial charge in [-0.1, -0.05) is 26.0 Å². The third-order valence-electron chi connectivity index (χ3n) is 5.42. The number of hydrogen-bond donors (Lipinski definition) is 0. The first-order valence-corrected chi connectivity index (χ1v) is 11.2. The van der Waals surface area contributed by atoms with Gasteiger partial charge >= 0.3 is 0 Å². The minimum Gasteiger partial charge on any atom is -0.497 e. The van der Waals surface area contributed by atoms with Crippen LogP contribution in [-0.2, 0) is 4.79 Å². The molecule has 0 aliphatic carbocycles. The van der Waals surface area contributed by atoms with Gasteiger partial charge in [0.15, 0.2) is 0 Å². The van der Waals surface area contributed by atoms with Crippen molar-refractivity contribution in [1.82, 2.24) is 14.5 Å². The average molecular weight is 502 g/mol. The van der Waals surface area contributed by atoms with Gasteiger partial charge in [0.2, 0.25) is 5.91 Å². The molecule has 32 heavy (non-hydrogen) atoms. The average Bonchev–Trinajstić information content (AvgIpc) is 2.78. The van der Waals surface area contributed by atoms with E-state index in [0.717, 1.165) is 0 Å². The Balaban J connectivity index is 2.32. The van der Waals surface area contributed by atoms with E-state index in [4.69, 9.17) is 14.5 Å². The van der Waals surface area contributed by atoms with E-state index in [1.165, 1.54) is 4.57 Å². The maximum absolute atomic E-state index is 13.7. The summed E-state index contributed by atoms with van der Waals surface area (Å²) in [7, 11) is 4.84. The molecule has 3 rings (SSSR count). The highest BCUT2D eigenvalue weighted by molar-refractivity contribution is 9.10.